The molecule has 3 aromatic rings. The minimum Gasteiger partial charge on any atom is -0.334 e. The molecule has 3 aromatic carbocycles. The van der Waals surface area contributed by atoms with Crippen LogP contribution in [0.25, 0.3) is 0 Å². The molecule has 0 radical (unpaired) electrons. The number of benzene rings is 3. The van der Waals surface area contributed by atoms with Gasteiger partial charge in [0.15, 0.2) is 0 Å². The molecule has 1 heterocycles. The molecule has 1 amide bonds. The lowest BCUT2D eigenvalue weighted by Gasteiger charge is -2.30. The summed E-state index contributed by atoms with van der Waals surface area (Å²) in [6.07, 6.45) is -2.99. The van der Waals surface area contributed by atoms with Gasteiger partial charge in [0.05, 0.1) is 11.6 Å². The Morgan fingerprint density at radius 2 is 1.71 bits per heavy atom. The number of halogens is 5. The van der Waals surface area contributed by atoms with Crippen molar-refractivity contribution in [3.05, 3.63) is 106 Å². The van der Waals surface area contributed by atoms with Crippen LogP contribution >= 0.6 is 11.6 Å². The van der Waals surface area contributed by atoms with Gasteiger partial charge in [-0.25, -0.2) is 4.39 Å². The molecule has 1 aliphatic rings. The number of hydrogen-bond donors (Lipinski definition) is 1. The smallest absolute Gasteiger partial charge is 0.334 e. The van der Waals surface area contributed by atoms with Crippen molar-refractivity contribution in [1.29, 1.82) is 0 Å². The van der Waals surface area contributed by atoms with Gasteiger partial charge in [-0.2, -0.15) is 13.2 Å². The molecule has 3 nitrogen and oxygen atoms in total. The van der Waals surface area contributed by atoms with Gasteiger partial charge in [-0.15, -0.1) is 0 Å². The summed E-state index contributed by atoms with van der Waals surface area (Å²) in [5.74, 6) is -0.720. The Morgan fingerprint density at radius 1 is 1.03 bits per heavy atom. The van der Waals surface area contributed by atoms with Crippen molar-refractivity contribution in [3.63, 3.8) is 0 Å². The first-order valence-electron chi connectivity index (χ1n) is 10.9. The third-order valence-corrected chi connectivity index (χ3v) is 6.42. The predicted molar refractivity (Wildman–Crippen MR) is 123 cm³/mol. The maximum atomic E-state index is 14.2. The fraction of sp³-hybridized carbons (Fsp3) is 0.269. The van der Waals surface area contributed by atoms with Gasteiger partial charge in [0, 0.05) is 23.7 Å². The highest BCUT2D eigenvalue weighted by atomic mass is 35.5. The van der Waals surface area contributed by atoms with Crippen LogP contribution in [-0.2, 0) is 17.5 Å². The molecule has 0 aromatic heterocycles. The molecule has 2 atom stereocenters. The van der Waals surface area contributed by atoms with Crippen molar-refractivity contribution in [2.45, 2.75) is 37.6 Å². The Bertz CT molecular complexity index is 1150. The number of alkyl halides is 3. The standard InChI is InChI=1S/C26H23ClF4N2O/c27-21-8-3-2-7-20(21)23-10-5-15-33(23)25(34)24(32-16-18-6-1-4-9-22(18)28)17-11-13-19(14-12-17)26(29,30)31/h1-4,6-9,11-14,23-24,32H,5,10,15-16H2. The summed E-state index contributed by atoms with van der Waals surface area (Å²) < 4.78 is 53.4. The van der Waals surface area contributed by atoms with Crippen LogP contribution in [0.3, 0.4) is 0 Å². The first-order chi connectivity index (χ1) is 16.3. The number of hydrogen-bond acceptors (Lipinski definition) is 2. The molecule has 0 saturated carbocycles. The van der Waals surface area contributed by atoms with Crippen molar-refractivity contribution >= 4 is 17.5 Å². The second-order valence-corrected chi connectivity index (χ2v) is 8.64. The molecule has 8 heteroatoms. The molecule has 178 valence electrons. The molecule has 0 bridgehead atoms. The fourth-order valence-electron chi connectivity index (χ4n) is 4.33. The average Bonchev–Trinajstić information content (AvgIpc) is 3.30. The van der Waals surface area contributed by atoms with Gasteiger partial charge in [0.2, 0.25) is 5.91 Å². The first-order valence-corrected chi connectivity index (χ1v) is 11.3. The van der Waals surface area contributed by atoms with Gasteiger partial charge >= 0.3 is 6.18 Å². The van der Waals surface area contributed by atoms with Gasteiger partial charge in [-0.1, -0.05) is 60.1 Å². The van der Waals surface area contributed by atoms with Gasteiger partial charge in [0.1, 0.15) is 11.9 Å². The molecule has 0 aliphatic carbocycles. The molecule has 34 heavy (non-hydrogen) atoms. The van der Waals surface area contributed by atoms with E-state index in [4.69, 9.17) is 11.6 Å². The van der Waals surface area contributed by atoms with E-state index in [1.807, 2.05) is 18.2 Å². The van der Waals surface area contributed by atoms with E-state index in [0.717, 1.165) is 30.5 Å². The van der Waals surface area contributed by atoms with Crippen molar-refractivity contribution < 1.29 is 22.4 Å². The van der Waals surface area contributed by atoms with Gasteiger partial charge < -0.3 is 4.90 Å². The normalized spacial score (nSPS) is 17.1. The summed E-state index contributed by atoms with van der Waals surface area (Å²) >= 11 is 6.39. The average molecular weight is 491 g/mol. The number of carbonyl (C=O) groups is 1. The molecule has 1 saturated heterocycles. The number of nitrogens with zero attached hydrogens (tertiary/aromatic N) is 1. The molecular formula is C26H23ClF4N2O. The largest absolute Gasteiger partial charge is 0.416 e. The zero-order valence-corrected chi connectivity index (χ0v) is 18.9. The molecule has 4 rings (SSSR count). The zero-order valence-electron chi connectivity index (χ0n) is 18.2. The lowest BCUT2D eigenvalue weighted by atomic mass is 10.0. The van der Waals surface area contributed by atoms with Crippen LogP contribution in [0.1, 0.15) is 47.2 Å². The fourth-order valence-corrected chi connectivity index (χ4v) is 4.59. The number of carbonyl (C=O) groups excluding carboxylic acids is 1. The molecule has 2 unspecified atom stereocenters. The third-order valence-electron chi connectivity index (χ3n) is 6.07. The van der Waals surface area contributed by atoms with Crippen LogP contribution in [0.5, 0.6) is 0 Å². The third kappa shape index (κ3) is 5.26. The van der Waals surface area contributed by atoms with E-state index in [9.17, 15) is 22.4 Å². The predicted octanol–water partition coefficient (Wildman–Crippen LogP) is 6.69. The zero-order chi connectivity index (χ0) is 24.3. The van der Waals surface area contributed by atoms with E-state index in [1.165, 1.54) is 18.2 Å². The Hall–Kier alpha value is -2.90. The lowest BCUT2D eigenvalue weighted by Crippen LogP contribution is -2.40. The maximum absolute atomic E-state index is 14.2. The molecule has 0 spiro atoms. The summed E-state index contributed by atoms with van der Waals surface area (Å²) in [6, 6.07) is 16.8. The van der Waals surface area contributed by atoms with E-state index in [1.54, 1.807) is 29.2 Å². The highest BCUT2D eigenvalue weighted by molar-refractivity contribution is 6.31. The quantitative estimate of drug-likeness (QED) is 0.390. The molecule has 1 N–H and O–H groups in total. The van der Waals surface area contributed by atoms with Gasteiger partial charge in [-0.05, 0) is 48.2 Å². The number of amides is 1. The van der Waals surface area contributed by atoms with Gasteiger partial charge in [-0.3, -0.25) is 10.1 Å². The van der Waals surface area contributed by atoms with Crippen LogP contribution in [0.4, 0.5) is 17.6 Å². The SMILES string of the molecule is O=C(C(NCc1ccccc1F)c1ccc(C(F)(F)F)cc1)N1CCCC1c1ccccc1Cl. The highest BCUT2D eigenvalue weighted by Crippen LogP contribution is 2.38. The van der Waals surface area contributed by atoms with E-state index < -0.39 is 23.6 Å². The van der Waals surface area contributed by atoms with Crippen molar-refractivity contribution in [2.75, 3.05) is 6.54 Å². The van der Waals surface area contributed by atoms with Crippen LogP contribution in [0.15, 0.2) is 72.8 Å². The maximum Gasteiger partial charge on any atom is 0.416 e. The van der Waals surface area contributed by atoms with E-state index in [-0.39, 0.29) is 18.5 Å². The first kappa shape index (κ1) is 24.2. The van der Waals surface area contributed by atoms with Gasteiger partial charge in [0.25, 0.3) is 0 Å². The summed E-state index contributed by atoms with van der Waals surface area (Å²) in [5, 5.41) is 3.62. The van der Waals surface area contributed by atoms with Crippen molar-refractivity contribution in [2.24, 2.45) is 0 Å². The van der Waals surface area contributed by atoms with Crippen LogP contribution in [0, 0.1) is 5.82 Å². The highest BCUT2D eigenvalue weighted by Gasteiger charge is 2.36. The van der Waals surface area contributed by atoms with Crippen LogP contribution in [-0.4, -0.2) is 17.4 Å². The van der Waals surface area contributed by atoms with Crippen molar-refractivity contribution in [1.82, 2.24) is 10.2 Å². The Kier molecular flexibility index (Phi) is 7.24. The minimum atomic E-state index is -4.48. The molecule has 1 aliphatic heterocycles. The Morgan fingerprint density at radius 3 is 2.38 bits per heavy atom. The molecular weight excluding hydrogens is 468 g/mol. The Labute approximate surface area is 200 Å². The minimum absolute atomic E-state index is 0.0364. The summed E-state index contributed by atoms with van der Waals surface area (Å²) in [6.45, 7) is 0.530. The summed E-state index contributed by atoms with van der Waals surface area (Å²) in [7, 11) is 0. The number of likely N-dealkylation sites (tertiary alicyclic amines) is 1. The number of nitrogens with one attached hydrogen (secondary N) is 1. The van der Waals surface area contributed by atoms with Crippen LogP contribution < -0.4 is 5.32 Å². The lowest BCUT2D eigenvalue weighted by molar-refractivity contribution is -0.137. The van der Waals surface area contributed by atoms with E-state index in [2.05, 4.69) is 5.32 Å². The summed E-state index contributed by atoms with van der Waals surface area (Å²) in [5.41, 5.74) is 0.761. The topological polar surface area (TPSA) is 32.3 Å². The Balaban J connectivity index is 1.64. The second kappa shape index (κ2) is 10.2. The molecule has 1 fully saturated rings. The summed E-state index contributed by atoms with van der Waals surface area (Å²) in [4.78, 5) is 15.4. The van der Waals surface area contributed by atoms with Crippen LogP contribution in [0.2, 0.25) is 5.02 Å². The van der Waals surface area contributed by atoms with Crippen molar-refractivity contribution in [3.8, 4) is 0 Å². The monoisotopic (exact) mass is 490 g/mol. The van der Waals surface area contributed by atoms with E-state index in [0.29, 0.717) is 22.7 Å². The number of rotatable bonds is 6. The second-order valence-electron chi connectivity index (χ2n) is 8.24. The van der Waals surface area contributed by atoms with E-state index >= 15 is 0 Å².